The van der Waals surface area contributed by atoms with Gasteiger partial charge in [0.2, 0.25) is 0 Å². The van der Waals surface area contributed by atoms with E-state index in [0.29, 0.717) is 12.6 Å². The van der Waals surface area contributed by atoms with Crippen LogP contribution >= 0.6 is 0 Å². The third-order valence-corrected chi connectivity index (χ3v) is 3.61. The molecule has 0 atom stereocenters. The first-order valence-electron chi connectivity index (χ1n) is 6.92. The molecule has 0 aliphatic heterocycles. The van der Waals surface area contributed by atoms with E-state index in [9.17, 15) is 4.39 Å². The van der Waals surface area contributed by atoms with Gasteiger partial charge in [-0.3, -0.25) is 0 Å². The molecule has 3 rings (SSSR count). The summed E-state index contributed by atoms with van der Waals surface area (Å²) in [6.07, 6.45) is 2.45. The molecule has 3 heteroatoms. The molecule has 1 aliphatic carbocycles. The first kappa shape index (κ1) is 13.1. The van der Waals surface area contributed by atoms with Gasteiger partial charge in [0.1, 0.15) is 11.6 Å². The minimum atomic E-state index is -0.191. The fraction of sp³-hybridized carbons (Fsp3) is 0.294. The van der Waals surface area contributed by atoms with E-state index in [1.807, 2.05) is 30.3 Å². The van der Waals surface area contributed by atoms with Gasteiger partial charge in [0, 0.05) is 12.6 Å². The predicted octanol–water partition coefficient (Wildman–Crippen LogP) is 3.75. The van der Waals surface area contributed by atoms with Crippen LogP contribution in [0.5, 0.6) is 5.75 Å². The summed E-state index contributed by atoms with van der Waals surface area (Å²) in [6.45, 7) is 0.703. The first-order valence-corrected chi connectivity index (χ1v) is 6.92. The molecule has 1 fully saturated rings. The monoisotopic (exact) mass is 271 g/mol. The zero-order chi connectivity index (χ0) is 13.9. The van der Waals surface area contributed by atoms with Crippen LogP contribution in [0.15, 0.2) is 42.5 Å². The van der Waals surface area contributed by atoms with Crippen molar-refractivity contribution in [1.29, 1.82) is 0 Å². The van der Waals surface area contributed by atoms with Gasteiger partial charge < -0.3 is 10.1 Å². The van der Waals surface area contributed by atoms with Gasteiger partial charge in [0.25, 0.3) is 0 Å². The molecule has 104 valence electrons. The average molecular weight is 271 g/mol. The Kier molecular flexibility index (Phi) is 3.70. The van der Waals surface area contributed by atoms with E-state index in [2.05, 4.69) is 5.32 Å². The molecular formula is C17H18FNO. The Bertz CT molecular complexity index is 608. The summed E-state index contributed by atoms with van der Waals surface area (Å²) in [7, 11) is 1.65. The van der Waals surface area contributed by atoms with Gasteiger partial charge in [-0.2, -0.15) is 0 Å². The zero-order valence-electron chi connectivity index (χ0n) is 11.5. The van der Waals surface area contributed by atoms with Gasteiger partial charge >= 0.3 is 0 Å². The van der Waals surface area contributed by atoms with E-state index in [4.69, 9.17) is 4.74 Å². The third kappa shape index (κ3) is 2.99. The second-order valence-corrected chi connectivity index (χ2v) is 5.19. The number of ether oxygens (including phenoxy) is 1. The molecule has 0 aromatic heterocycles. The molecule has 2 aromatic rings. The van der Waals surface area contributed by atoms with E-state index >= 15 is 0 Å². The molecule has 0 amide bonds. The number of benzene rings is 2. The highest BCUT2D eigenvalue weighted by molar-refractivity contribution is 5.68. The molecule has 2 nitrogen and oxygen atoms in total. The van der Waals surface area contributed by atoms with Crippen molar-refractivity contribution in [2.24, 2.45) is 0 Å². The maximum absolute atomic E-state index is 13.5. The number of nitrogens with one attached hydrogen (secondary N) is 1. The highest BCUT2D eigenvalue weighted by Gasteiger charge is 2.20. The highest BCUT2D eigenvalue weighted by atomic mass is 19.1. The highest BCUT2D eigenvalue weighted by Crippen LogP contribution is 2.28. The van der Waals surface area contributed by atoms with Crippen molar-refractivity contribution in [3.05, 3.63) is 53.8 Å². The summed E-state index contributed by atoms with van der Waals surface area (Å²) >= 11 is 0. The van der Waals surface area contributed by atoms with Gasteiger partial charge in [0.05, 0.1) is 7.11 Å². The fourth-order valence-electron chi connectivity index (χ4n) is 2.32. The first-order chi connectivity index (χ1) is 9.76. The van der Waals surface area contributed by atoms with Crippen LogP contribution in [0.25, 0.3) is 11.1 Å². The van der Waals surface area contributed by atoms with Crippen LogP contribution in [-0.2, 0) is 6.54 Å². The molecule has 2 aromatic carbocycles. The molecule has 0 bridgehead atoms. The molecule has 1 aliphatic rings. The van der Waals surface area contributed by atoms with Crippen molar-refractivity contribution in [2.75, 3.05) is 7.11 Å². The lowest BCUT2D eigenvalue weighted by molar-refractivity contribution is 0.415. The van der Waals surface area contributed by atoms with Crippen LogP contribution in [-0.4, -0.2) is 13.2 Å². The largest absolute Gasteiger partial charge is 0.497 e. The van der Waals surface area contributed by atoms with E-state index in [-0.39, 0.29) is 5.82 Å². The number of hydrogen-bond acceptors (Lipinski definition) is 2. The normalized spacial score (nSPS) is 14.3. The van der Waals surface area contributed by atoms with Crippen LogP contribution in [0.4, 0.5) is 4.39 Å². The van der Waals surface area contributed by atoms with E-state index < -0.39 is 0 Å². The van der Waals surface area contributed by atoms with Crippen molar-refractivity contribution < 1.29 is 9.13 Å². The predicted molar refractivity (Wildman–Crippen MR) is 78.2 cm³/mol. The Morgan fingerprint density at radius 2 is 2.05 bits per heavy atom. The SMILES string of the molecule is COc1cccc(-c2ccc(F)cc2CNC2CC2)c1. The fourth-order valence-corrected chi connectivity index (χ4v) is 2.32. The topological polar surface area (TPSA) is 21.3 Å². The van der Waals surface area contributed by atoms with Gasteiger partial charge in [0.15, 0.2) is 0 Å². The Morgan fingerprint density at radius 3 is 2.80 bits per heavy atom. The Hall–Kier alpha value is -1.87. The lowest BCUT2D eigenvalue weighted by Crippen LogP contribution is -2.16. The molecule has 0 unspecified atom stereocenters. The van der Waals surface area contributed by atoms with Gasteiger partial charge in [-0.1, -0.05) is 18.2 Å². The molecule has 0 saturated heterocycles. The molecule has 20 heavy (non-hydrogen) atoms. The summed E-state index contributed by atoms with van der Waals surface area (Å²) in [4.78, 5) is 0. The van der Waals surface area contributed by atoms with Crippen LogP contribution < -0.4 is 10.1 Å². The van der Waals surface area contributed by atoms with Crippen LogP contribution in [0.1, 0.15) is 18.4 Å². The Balaban J connectivity index is 1.93. The molecule has 1 saturated carbocycles. The number of hydrogen-bond donors (Lipinski definition) is 1. The van der Waals surface area contributed by atoms with Crippen molar-refractivity contribution in [1.82, 2.24) is 5.32 Å². The quantitative estimate of drug-likeness (QED) is 0.894. The second-order valence-electron chi connectivity index (χ2n) is 5.19. The van der Waals surface area contributed by atoms with E-state index in [1.165, 1.54) is 18.9 Å². The van der Waals surface area contributed by atoms with Crippen LogP contribution in [0, 0.1) is 5.82 Å². The standard InChI is InChI=1S/C17H18FNO/c1-20-16-4-2-3-12(10-16)17-8-5-14(18)9-13(17)11-19-15-6-7-15/h2-5,8-10,15,19H,6-7,11H2,1H3. The van der Waals surface area contributed by atoms with Crippen LogP contribution in [0.2, 0.25) is 0 Å². The van der Waals surface area contributed by atoms with Crippen molar-refractivity contribution in [3.8, 4) is 16.9 Å². The number of halogens is 1. The zero-order valence-corrected chi connectivity index (χ0v) is 11.5. The van der Waals surface area contributed by atoms with Gasteiger partial charge in [-0.15, -0.1) is 0 Å². The third-order valence-electron chi connectivity index (χ3n) is 3.61. The second kappa shape index (κ2) is 5.63. The van der Waals surface area contributed by atoms with E-state index in [1.54, 1.807) is 13.2 Å². The molecule has 1 N–H and O–H groups in total. The van der Waals surface area contributed by atoms with Gasteiger partial charge in [-0.25, -0.2) is 4.39 Å². The summed E-state index contributed by atoms with van der Waals surface area (Å²) in [5.41, 5.74) is 3.10. The lowest BCUT2D eigenvalue weighted by Gasteiger charge is -2.12. The molecule has 0 spiro atoms. The van der Waals surface area contributed by atoms with E-state index in [0.717, 1.165) is 22.4 Å². The average Bonchev–Trinajstić information content (AvgIpc) is 3.29. The summed E-state index contributed by atoms with van der Waals surface area (Å²) in [5.74, 6) is 0.622. The Morgan fingerprint density at radius 1 is 1.20 bits per heavy atom. The molecule has 0 radical (unpaired) electrons. The number of methoxy groups -OCH3 is 1. The lowest BCUT2D eigenvalue weighted by atomic mass is 9.99. The Labute approximate surface area is 118 Å². The van der Waals surface area contributed by atoms with Crippen molar-refractivity contribution in [2.45, 2.75) is 25.4 Å². The van der Waals surface area contributed by atoms with Gasteiger partial charge in [-0.05, 0) is 53.8 Å². The van der Waals surface area contributed by atoms with Crippen molar-refractivity contribution >= 4 is 0 Å². The minimum absolute atomic E-state index is 0.191. The van der Waals surface area contributed by atoms with Crippen LogP contribution in [0.3, 0.4) is 0 Å². The number of rotatable bonds is 5. The molecule has 0 heterocycles. The van der Waals surface area contributed by atoms with Crippen molar-refractivity contribution in [3.63, 3.8) is 0 Å². The maximum Gasteiger partial charge on any atom is 0.123 e. The molecular weight excluding hydrogens is 253 g/mol. The summed E-state index contributed by atoms with van der Waals surface area (Å²) in [5, 5.41) is 3.44. The summed E-state index contributed by atoms with van der Waals surface area (Å²) < 4.78 is 18.8. The minimum Gasteiger partial charge on any atom is -0.497 e. The maximum atomic E-state index is 13.5. The smallest absolute Gasteiger partial charge is 0.123 e. The summed E-state index contributed by atoms with van der Waals surface area (Å²) in [6, 6.07) is 13.4.